The van der Waals surface area contributed by atoms with Crippen LogP contribution in [0.15, 0.2) is 22.8 Å². The van der Waals surface area contributed by atoms with E-state index in [1.807, 2.05) is 4.90 Å². The van der Waals surface area contributed by atoms with Crippen molar-refractivity contribution < 1.29 is 18.7 Å². The first kappa shape index (κ1) is 15.1. The van der Waals surface area contributed by atoms with Gasteiger partial charge in [0.15, 0.2) is 5.76 Å². The predicted molar refractivity (Wildman–Crippen MR) is 79.3 cm³/mol. The molecule has 0 radical (unpaired) electrons. The van der Waals surface area contributed by atoms with Crippen molar-refractivity contribution in [3.8, 4) is 0 Å². The summed E-state index contributed by atoms with van der Waals surface area (Å²) in [5.74, 6) is 0.575. The molecule has 120 valence electrons. The normalized spacial score (nSPS) is 20.8. The van der Waals surface area contributed by atoms with Gasteiger partial charge in [-0.25, -0.2) is 0 Å². The number of rotatable bonds is 7. The van der Waals surface area contributed by atoms with E-state index in [2.05, 4.69) is 5.32 Å². The van der Waals surface area contributed by atoms with E-state index in [9.17, 15) is 9.59 Å². The fraction of sp³-hybridized carbons (Fsp3) is 0.625. The van der Waals surface area contributed by atoms with Crippen LogP contribution in [0.5, 0.6) is 0 Å². The molecule has 1 saturated carbocycles. The maximum absolute atomic E-state index is 12.4. The maximum atomic E-state index is 12.4. The van der Waals surface area contributed by atoms with Gasteiger partial charge in [-0.05, 0) is 31.4 Å². The molecule has 1 aromatic heterocycles. The average molecular weight is 306 g/mol. The first-order chi connectivity index (χ1) is 10.7. The first-order valence-corrected chi connectivity index (χ1v) is 7.93. The van der Waals surface area contributed by atoms with Crippen molar-refractivity contribution in [2.75, 3.05) is 26.3 Å². The molecule has 1 aliphatic carbocycles. The van der Waals surface area contributed by atoms with Crippen LogP contribution < -0.4 is 5.32 Å². The van der Waals surface area contributed by atoms with Crippen LogP contribution in [0.3, 0.4) is 0 Å². The van der Waals surface area contributed by atoms with E-state index in [0.29, 0.717) is 24.9 Å². The van der Waals surface area contributed by atoms with Crippen molar-refractivity contribution in [3.05, 3.63) is 24.2 Å². The molecule has 6 heteroatoms. The largest absolute Gasteiger partial charge is 0.459 e. The van der Waals surface area contributed by atoms with Crippen molar-refractivity contribution in [2.45, 2.75) is 31.7 Å². The van der Waals surface area contributed by atoms with Gasteiger partial charge < -0.3 is 19.4 Å². The Kier molecular flexibility index (Phi) is 4.77. The molecule has 1 N–H and O–H groups in total. The van der Waals surface area contributed by atoms with Crippen LogP contribution in [-0.2, 0) is 9.53 Å². The van der Waals surface area contributed by atoms with E-state index in [1.54, 1.807) is 12.1 Å². The highest BCUT2D eigenvalue weighted by Gasteiger charge is 2.34. The SMILES string of the molecule is O=C(NCCC(=O)N(C[C@H]1CCOC1)C1CC1)c1ccco1. The molecule has 0 bridgehead atoms. The second kappa shape index (κ2) is 6.96. The lowest BCUT2D eigenvalue weighted by Gasteiger charge is -2.25. The van der Waals surface area contributed by atoms with Crippen molar-refractivity contribution >= 4 is 11.8 Å². The lowest BCUT2D eigenvalue weighted by atomic mass is 10.1. The second-order valence-corrected chi connectivity index (χ2v) is 5.99. The van der Waals surface area contributed by atoms with Gasteiger partial charge in [0.25, 0.3) is 5.91 Å². The summed E-state index contributed by atoms with van der Waals surface area (Å²) >= 11 is 0. The number of hydrogen-bond acceptors (Lipinski definition) is 4. The Morgan fingerprint density at radius 2 is 2.18 bits per heavy atom. The molecule has 1 saturated heterocycles. The number of carbonyl (C=O) groups is 2. The fourth-order valence-corrected chi connectivity index (χ4v) is 2.77. The Bertz CT molecular complexity index is 504. The number of nitrogens with one attached hydrogen (secondary N) is 1. The molecule has 0 aromatic carbocycles. The van der Waals surface area contributed by atoms with Gasteiger partial charge in [0.2, 0.25) is 5.91 Å². The first-order valence-electron chi connectivity index (χ1n) is 7.93. The van der Waals surface area contributed by atoms with Gasteiger partial charge in [0.1, 0.15) is 0 Å². The highest BCUT2D eigenvalue weighted by Crippen LogP contribution is 2.29. The number of furan rings is 1. The van der Waals surface area contributed by atoms with Crippen molar-refractivity contribution in [1.82, 2.24) is 10.2 Å². The molecule has 1 aliphatic heterocycles. The van der Waals surface area contributed by atoms with Crippen LogP contribution in [0.4, 0.5) is 0 Å². The van der Waals surface area contributed by atoms with Gasteiger partial charge in [0, 0.05) is 38.1 Å². The Hall–Kier alpha value is -1.82. The maximum Gasteiger partial charge on any atom is 0.286 e. The zero-order valence-electron chi connectivity index (χ0n) is 12.6. The van der Waals surface area contributed by atoms with E-state index >= 15 is 0 Å². The summed E-state index contributed by atoms with van der Waals surface area (Å²) in [6.45, 7) is 2.68. The minimum Gasteiger partial charge on any atom is -0.459 e. The van der Waals surface area contributed by atoms with Crippen LogP contribution in [0.1, 0.15) is 36.2 Å². The molecule has 22 heavy (non-hydrogen) atoms. The summed E-state index contributed by atoms with van der Waals surface area (Å²) in [5, 5.41) is 2.72. The molecule has 0 unspecified atom stereocenters. The number of amides is 2. The van der Waals surface area contributed by atoms with E-state index in [0.717, 1.165) is 39.0 Å². The van der Waals surface area contributed by atoms with Crippen molar-refractivity contribution in [3.63, 3.8) is 0 Å². The Labute approximate surface area is 129 Å². The zero-order valence-corrected chi connectivity index (χ0v) is 12.6. The quantitative estimate of drug-likeness (QED) is 0.827. The van der Waals surface area contributed by atoms with Gasteiger partial charge in [-0.3, -0.25) is 9.59 Å². The van der Waals surface area contributed by atoms with Crippen LogP contribution >= 0.6 is 0 Å². The third-order valence-corrected chi connectivity index (χ3v) is 4.16. The smallest absolute Gasteiger partial charge is 0.286 e. The summed E-state index contributed by atoms with van der Waals surface area (Å²) < 4.78 is 10.4. The highest BCUT2D eigenvalue weighted by molar-refractivity contribution is 5.91. The van der Waals surface area contributed by atoms with Crippen LogP contribution in [0.2, 0.25) is 0 Å². The molecule has 6 nitrogen and oxygen atoms in total. The number of ether oxygens (including phenoxy) is 1. The summed E-state index contributed by atoms with van der Waals surface area (Å²) in [6, 6.07) is 3.67. The Balaban J connectivity index is 1.43. The van der Waals surface area contributed by atoms with Gasteiger partial charge in [-0.2, -0.15) is 0 Å². The van der Waals surface area contributed by atoms with Gasteiger partial charge in [-0.15, -0.1) is 0 Å². The Morgan fingerprint density at radius 3 is 2.82 bits per heavy atom. The number of carbonyl (C=O) groups excluding carboxylic acids is 2. The minimum atomic E-state index is -0.278. The van der Waals surface area contributed by atoms with Gasteiger partial charge in [-0.1, -0.05) is 0 Å². The fourth-order valence-electron chi connectivity index (χ4n) is 2.77. The summed E-state index contributed by atoms with van der Waals surface area (Å²) in [5.41, 5.74) is 0. The summed E-state index contributed by atoms with van der Waals surface area (Å²) in [7, 11) is 0. The molecule has 2 amide bonds. The predicted octanol–water partition coefficient (Wildman–Crippen LogP) is 1.43. The van der Waals surface area contributed by atoms with E-state index in [1.165, 1.54) is 6.26 Å². The van der Waals surface area contributed by atoms with Gasteiger partial charge >= 0.3 is 0 Å². The molecule has 2 heterocycles. The second-order valence-electron chi connectivity index (χ2n) is 5.99. The van der Waals surface area contributed by atoms with Crippen LogP contribution in [0.25, 0.3) is 0 Å². The monoisotopic (exact) mass is 306 g/mol. The van der Waals surface area contributed by atoms with E-state index in [4.69, 9.17) is 9.15 Å². The lowest BCUT2D eigenvalue weighted by molar-refractivity contribution is -0.132. The van der Waals surface area contributed by atoms with Crippen LogP contribution in [0, 0.1) is 5.92 Å². The lowest BCUT2D eigenvalue weighted by Crippen LogP contribution is -2.39. The zero-order chi connectivity index (χ0) is 15.4. The molecule has 2 aliphatic rings. The third kappa shape index (κ3) is 3.88. The topological polar surface area (TPSA) is 71.8 Å². The van der Waals surface area contributed by atoms with Crippen molar-refractivity contribution in [2.24, 2.45) is 5.92 Å². The molecule has 1 atom stereocenters. The van der Waals surface area contributed by atoms with E-state index in [-0.39, 0.29) is 17.6 Å². The number of hydrogen-bond donors (Lipinski definition) is 1. The summed E-state index contributed by atoms with van der Waals surface area (Å²) in [6.07, 6.45) is 5.01. The van der Waals surface area contributed by atoms with E-state index < -0.39 is 0 Å². The molecule has 3 rings (SSSR count). The average Bonchev–Trinajstić information content (AvgIpc) is 3.02. The van der Waals surface area contributed by atoms with Crippen LogP contribution in [-0.4, -0.2) is 49.1 Å². The number of nitrogens with zero attached hydrogens (tertiary/aromatic N) is 1. The van der Waals surface area contributed by atoms with Crippen molar-refractivity contribution in [1.29, 1.82) is 0 Å². The Morgan fingerprint density at radius 1 is 1.32 bits per heavy atom. The molecule has 2 fully saturated rings. The minimum absolute atomic E-state index is 0.120. The molecule has 1 aromatic rings. The summed E-state index contributed by atoms with van der Waals surface area (Å²) in [4.78, 5) is 26.1. The highest BCUT2D eigenvalue weighted by atomic mass is 16.5. The molecular weight excluding hydrogens is 284 g/mol. The third-order valence-electron chi connectivity index (χ3n) is 4.16. The standard InChI is InChI=1S/C16H22N2O4/c19-15(5-7-17-16(20)14-2-1-8-22-14)18(13-3-4-13)10-12-6-9-21-11-12/h1-2,8,12-13H,3-7,9-11H2,(H,17,20)/t12-/m1/s1. The van der Waals surface area contributed by atoms with Gasteiger partial charge in [0.05, 0.1) is 12.9 Å². The molecular formula is C16H22N2O4. The molecule has 0 spiro atoms.